The maximum atomic E-state index is 13.3. The molecule has 3 amide bonds. The largest absolute Gasteiger partial charge is 0.350 e. The zero-order valence-electron chi connectivity index (χ0n) is 14.4. The van der Waals surface area contributed by atoms with Crippen LogP contribution in [0, 0.1) is 11.6 Å². The first-order chi connectivity index (χ1) is 12.3. The third kappa shape index (κ3) is 3.66. The van der Waals surface area contributed by atoms with Crippen LogP contribution in [-0.2, 0) is 13.1 Å². The lowest BCUT2D eigenvalue weighted by Gasteiger charge is -2.28. The fourth-order valence-electron chi connectivity index (χ4n) is 2.72. The Morgan fingerprint density at radius 1 is 1.19 bits per heavy atom. The van der Waals surface area contributed by atoms with Crippen molar-refractivity contribution in [3.05, 3.63) is 47.3 Å². The number of aromatic nitrogens is 2. The third-order valence-electron chi connectivity index (χ3n) is 3.99. The van der Waals surface area contributed by atoms with Gasteiger partial charge in [0.2, 0.25) is 0 Å². The number of carbonyl (C=O) groups is 2. The summed E-state index contributed by atoms with van der Waals surface area (Å²) in [5.41, 5.74) is 1.21. The first-order valence-corrected chi connectivity index (χ1v) is 8.21. The number of halogens is 2. The number of hydrogen-bond donors (Lipinski definition) is 2. The van der Waals surface area contributed by atoms with Crippen molar-refractivity contribution < 1.29 is 18.4 Å². The first kappa shape index (κ1) is 17.8. The van der Waals surface area contributed by atoms with Gasteiger partial charge in [0, 0.05) is 24.3 Å². The monoisotopic (exact) mass is 363 g/mol. The minimum atomic E-state index is -1.04. The van der Waals surface area contributed by atoms with E-state index in [0.717, 1.165) is 12.1 Å². The molecule has 0 aliphatic carbocycles. The topological polar surface area (TPSA) is 79.3 Å². The van der Waals surface area contributed by atoms with Crippen LogP contribution < -0.4 is 10.6 Å². The van der Waals surface area contributed by atoms with Crippen LogP contribution in [0.2, 0.25) is 0 Å². The normalized spacial score (nSPS) is 13.5. The Morgan fingerprint density at radius 3 is 2.65 bits per heavy atom. The van der Waals surface area contributed by atoms with Crippen molar-refractivity contribution in [3.63, 3.8) is 0 Å². The van der Waals surface area contributed by atoms with Gasteiger partial charge in [0.05, 0.1) is 30.5 Å². The molecular weight excluding hydrogens is 344 g/mol. The van der Waals surface area contributed by atoms with E-state index in [-0.39, 0.29) is 24.2 Å². The highest BCUT2D eigenvalue weighted by Gasteiger charge is 2.26. The molecule has 0 atom stereocenters. The molecule has 7 nitrogen and oxygen atoms in total. The molecule has 0 unspecified atom stereocenters. The Hall–Kier alpha value is -2.97. The molecule has 0 saturated carbocycles. The molecule has 2 aromatic rings. The molecule has 1 aromatic carbocycles. The van der Waals surface area contributed by atoms with Crippen LogP contribution in [0.25, 0.3) is 0 Å². The van der Waals surface area contributed by atoms with Crippen LogP contribution in [0.4, 0.5) is 19.3 Å². The van der Waals surface area contributed by atoms with Crippen LogP contribution in [-0.4, -0.2) is 39.2 Å². The highest BCUT2D eigenvalue weighted by molar-refractivity contribution is 5.95. The molecule has 26 heavy (non-hydrogen) atoms. The predicted octanol–water partition coefficient (Wildman–Crippen LogP) is 2.35. The van der Waals surface area contributed by atoms with Gasteiger partial charge in [0.15, 0.2) is 11.6 Å². The number of hydrogen-bond acceptors (Lipinski definition) is 3. The van der Waals surface area contributed by atoms with Gasteiger partial charge in [-0.05, 0) is 26.0 Å². The van der Waals surface area contributed by atoms with E-state index in [2.05, 4.69) is 15.7 Å². The van der Waals surface area contributed by atoms with Gasteiger partial charge in [-0.3, -0.25) is 9.48 Å². The average Bonchev–Trinajstić information content (AvgIpc) is 3.00. The lowest BCUT2D eigenvalue weighted by Crippen LogP contribution is -2.42. The molecule has 0 fully saturated rings. The molecule has 1 aromatic heterocycles. The molecule has 2 N–H and O–H groups in total. The minimum Gasteiger partial charge on any atom is -0.350 e. The van der Waals surface area contributed by atoms with E-state index in [1.807, 2.05) is 13.8 Å². The smallest absolute Gasteiger partial charge is 0.322 e. The van der Waals surface area contributed by atoms with Crippen molar-refractivity contribution in [1.82, 2.24) is 20.0 Å². The Labute approximate surface area is 149 Å². The van der Waals surface area contributed by atoms with E-state index >= 15 is 0 Å². The highest BCUT2D eigenvalue weighted by Crippen LogP contribution is 2.19. The van der Waals surface area contributed by atoms with Gasteiger partial charge >= 0.3 is 6.03 Å². The molecule has 0 bridgehead atoms. The Morgan fingerprint density at radius 2 is 1.96 bits per heavy atom. The summed E-state index contributed by atoms with van der Waals surface area (Å²) in [7, 11) is 0. The number of urea groups is 1. The molecule has 0 radical (unpaired) electrons. The quantitative estimate of drug-likeness (QED) is 0.879. The SMILES string of the molecule is CC(C)NC(=O)c1cnn2c1CN(C(=O)Nc1ccc(F)c(F)c1)CC2. The summed E-state index contributed by atoms with van der Waals surface area (Å²) < 4.78 is 28.0. The van der Waals surface area contributed by atoms with E-state index in [0.29, 0.717) is 24.3 Å². The standard InChI is InChI=1S/C17H19F2N5O2/c1-10(2)21-16(25)12-8-20-24-6-5-23(9-15(12)24)17(26)22-11-3-4-13(18)14(19)7-11/h3-4,7-8,10H,5-6,9H2,1-2H3,(H,21,25)(H,22,26). The second-order valence-corrected chi connectivity index (χ2v) is 6.34. The molecule has 2 heterocycles. The van der Waals surface area contributed by atoms with Crippen LogP contribution in [0.15, 0.2) is 24.4 Å². The molecule has 0 saturated heterocycles. The first-order valence-electron chi connectivity index (χ1n) is 8.21. The van der Waals surface area contributed by atoms with Gasteiger partial charge in [0.1, 0.15) is 0 Å². The summed E-state index contributed by atoms with van der Waals surface area (Å²) in [6.45, 7) is 4.73. The number of benzene rings is 1. The summed E-state index contributed by atoms with van der Waals surface area (Å²) in [5.74, 6) is -2.26. The van der Waals surface area contributed by atoms with E-state index < -0.39 is 17.7 Å². The summed E-state index contributed by atoms with van der Waals surface area (Å²) in [4.78, 5) is 26.2. The van der Waals surface area contributed by atoms with Gasteiger partial charge in [-0.1, -0.05) is 0 Å². The number of carbonyl (C=O) groups excluding carboxylic acids is 2. The van der Waals surface area contributed by atoms with Gasteiger partial charge in [-0.25, -0.2) is 13.6 Å². The number of amides is 3. The maximum Gasteiger partial charge on any atom is 0.322 e. The van der Waals surface area contributed by atoms with Gasteiger partial charge in [-0.2, -0.15) is 5.10 Å². The minimum absolute atomic E-state index is 0.0191. The highest BCUT2D eigenvalue weighted by atomic mass is 19.2. The number of rotatable bonds is 3. The summed E-state index contributed by atoms with van der Waals surface area (Å²) in [6, 6.07) is 2.67. The average molecular weight is 363 g/mol. The zero-order chi connectivity index (χ0) is 18.8. The Balaban J connectivity index is 1.73. The molecule has 1 aliphatic rings. The van der Waals surface area contributed by atoms with E-state index in [1.54, 1.807) is 4.68 Å². The van der Waals surface area contributed by atoms with E-state index in [9.17, 15) is 18.4 Å². The number of fused-ring (bicyclic) bond motifs is 1. The van der Waals surface area contributed by atoms with Crippen LogP contribution in [0.5, 0.6) is 0 Å². The van der Waals surface area contributed by atoms with Gasteiger partial charge < -0.3 is 15.5 Å². The maximum absolute atomic E-state index is 13.3. The van der Waals surface area contributed by atoms with Gasteiger partial charge in [0.25, 0.3) is 5.91 Å². The summed E-state index contributed by atoms with van der Waals surface area (Å²) in [6.07, 6.45) is 1.49. The molecule has 1 aliphatic heterocycles. The Bertz CT molecular complexity index is 850. The molecule has 0 spiro atoms. The molecule has 138 valence electrons. The second kappa shape index (κ2) is 7.11. The molecular formula is C17H19F2N5O2. The second-order valence-electron chi connectivity index (χ2n) is 6.34. The van der Waals surface area contributed by atoms with Crippen LogP contribution in [0.1, 0.15) is 29.9 Å². The third-order valence-corrected chi connectivity index (χ3v) is 3.99. The van der Waals surface area contributed by atoms with Crippen molar-refractivity contribution in [2.24, 2.45) is 0 Å². The van der Waals surface area contributed by atoms with Crippen LogP contribution in [0.3, 0.4) is 0 Å². The lowest BCUT2D eigenvalue weighted by atomic mass is 10.2. The fraction of sp³-hybridized carbons (Fsp3) is 0.353. The lowest BCUT2D eigenvalue weighted by molar-refractivity contribution is 0.0939. The number of anilines is 1. The van der Waals surface area contributed by atoms with Crippen molar-refractivity contribution in [2.45, 2.75) is 33.0 Å². The van der Waals surface area contributed by atoms with Crippen molar-refractivity contribution >= 4 is 17.6 Å². The predicted molar refractivity (Wildman–Crippen MR) is 90.6 cm³/mol. The molecule has 3 rings (SSSR count). The summed E-state index contributed by atoms with van der Waals surface area (Å²) in [5, 5.41) is 9.53. The fourth-order valence-corrected chi connectivity index (χ4v) is 2.72. The molecule has 9 heteroatoms. The Kier molecular flexibility index (Phi) is 4.88. The van der Waals surface area contributed by atoms with E-state index in [4.69, 9.17) is 0 Å². The summed E-state index contributed by atoms with van der Waals surface area (Å²) >= 11 is 0. The van der Waals surface area contributed by atoms with Gasteiger partial charge in [-0.15, -0.1) is 0 Å². The van der Waals surface area contributed by atoms with E-state index in [1.165, 1.54) is 17.2 Å². The number of nitrogens with zero attached hydrogens (tertiary/aromatic N) is 3. The van der Waals surface area contributed by atoms with Crippen LogP contribution >= 0.6 is 0 Å². The zero-order valence-corrected chi connectivity index (χ0v) is 14.4. The number of nitrogens with one attached hydrogen (secondary N) is 2. The van der Waals surface area contributed by atoms with Crippen molar-refractivity contribution in [2.75, 3.05) is 11.9 Å². The van der Waals surface area contributed by atoms with Crippen molar-refractivity contribution in [3.8, 4) is 0 Å². The van der Waals surface area contributed by atoms with Crippen molar-refractivity contribution in [1.29, 1.82) is 0 Å².